The van der Waals surface area contributed by atoms with E-state index in [2.05, 4.69) is 5.92 Å². The normalized spacial score (nSPS) is 23.5. The molecule has 9 heteroatoms. The van der Waals surface area contributed by atoms with Gasteiger partial charge in [0.2, 0.25) is 5.54 Å². The van der Waals surface area contributed by atoms with Crippen LogP contribution in [0.4, 0.5) is 14.9 Å². The number of pyridine rings is 1. The topological polar surface area (TPSA) is 117 Å². The van der Waals surface area contributed by atoms with Crippen LogP contribution in [0.5, 0.6) is 0 Å². The third-order valence-corrected chi connectivity index (χ3v) is 6.74. The molecular formula is C26H24FN4O4+. The van der Waals surface area contributed by atoms with Crippen molar-refractivity contribution in [1.29, 1.82) is 0 Å². The monoisotopic (exact) mass is 475 g/mol. The van der Waals surface area contributed by atoms with Gasteiger partial charge in [0.15, 0.2) is 0 Å². The van der Waals surface area contributed by atoms with Crippen LogP contribution >= 0.6 is 0 Å². The molecule has 8 nitrogen and oxygen atoms in total. The van der Waals surface area contributed by atoms with Crippen molar-refractivity contribution in [3.63, 3.8) is 0 Å². The molecule has 0 bridgehead atoms. The van der Waals surface area contributed by atoms with Gasteiger partial charge in [-0.3, -0.25) is 14.2 Å². The quantitative estimate of drug-likeness (QED) is 0.434. The fourth-order valence-corrected chi connectivity index (χ4v) is 5.08. The van der Waals surface area contributed by atoms with Crippen molar-refractivity contribution in [1.82, 2.24) is 9.05 Å². The van der Waals surface area contributed by atoms with Gasteiger partial charge in [0.25, 0.3) is 11.5 Å². The molecule has 2 heterocycles. The van der Waals surface area contributed by atoms with Gasteiger partial charge < -0.3 is 16.2 Å². The number of quaternary nitrogens is 1. The van der Waals surface area contributed by atoms with E-state index in [1.54, 1.807) is 36.4 Å². The average Bonchev–Trinajstić information content (AvgIpc) is 3.22. The Kier molecular flexibility index (Phi) is 6.03. The predicted molar refractivity (Wildman–Crippen MR) is 129 cm³/mol. The van der Waals surface area contributed by atoms with Crippen LogP contribution in [0.25, 0.3) is 5.69 Å². The number of carbonyl (C=O) groups excluding carboxylic acids is 2. The second kappa shape index (κ2) is 8.83. The van der Waals surface area contributed by atoms with Crippen molar-refractivity contribution in [3.8, 4) is 18.0 Å². The Balaban J connectivity index is 2.00. The first kappa shape index (κ1) is 23.9. The highest BCUT2D eigenvalue weighted by atomic mass is 19.1. The van der Waals surface area contributed by atoms with Gasteiger partial charge in [0, 0.05) is 43.5 Å². The summed E-state index contributed by atoms with van der Waals surface area (Å²) in [6.45, 7) is -0.0521. The number of hydrogen-bond donors (Lipinski definition) is 2. The Morgan fingerprint density at radius 1 is 1.17 bits per heavy atom. The Labute approximate surface area is 201 Å². The van der Waals surface area contributed by atoms with E-state index in [1.165, 1.54) is 36.1 Å². The number of halogens is 1. The van der Waals surface area contributed by atoms with E-state index >= 15 is 4.39 Å². The highest BCUT2D eigenvalue weighted by Crippen LogP contribution is 2.50. The lowest BCUT2D eigenvalue weighted by molar-refractivity contribution is -0.127. The first-order valence-corrected chi connectivity index (χ1v) is 10.8. The number of hydrogen-bond acceptors (Lipinski definition) is 4. The van der Waals surface area contributed by atoms with E-state index < -0.39 is 33.9 Å². The maximum atomic E-state index is 15.8. The summed E-state index contributed by atoms with van der Waals surface area (Å²) in [6, 6.07) is 14.0. The number of urea groups is 1. The molecule has 0 aliphatic carbocycles. The first-order valence-electron chi connectivity index (χ1n) is 10.8. The van der Waals surface area contributed by atoms with E-state index in [9.17, 15) is 14.4 Å². The number of likely N-dealkylation sites (tertiary alicyclic amines) is 1. The third kappa shape index (κ3) is 3.51. The Hall–Kier alpha value is -4.26. The maximum Gasteiger partial charge on any atom is 0.420 e. The van der Waals surface area contributed by atoms with E-state index in [0.29, 0.717) is 11.3 Å². The van der Waals surface area contributed by atoms with Crippen LogP contribution in [0.3, 0.4) is 0 Å². The number of rotatable bonds is 5. The molecule has 0 spiro atoms. The molecule has 1 unspecified atom stereocenters. The molecule has 3 aromatic rings. The first-order chi connectivity index (χ1) is 16.7. The number of amides is 3. The SMILES string of the molecule is C#Cc1ccc([N+]2(C(N)=O)C[C@H](OC)C[C@]2(C(N)=O)c2ccc(-n3ccccc3=O)cc2F)cc1. The number of ether oxygens (including phenoxy) is 1. The molecule has 1 aliphatic rings. The predicted octanol–water partition coefficient (Wildman–Crippen LogP) is 2.14. The second-order valence-electron chi connectivity index (χ2n) is 8.38. The molecule has 3 atom stereocenters. The zero-order valence-corrected chi connectivity index (χ0v) is 19.0. The molecule has 178 valence electrons. The highest BCUT2D eigenvalue weighted by molar-refractivity contribution is 5.99. The van der Waals surface area contributed by atoms with Crippen molar-refractivity contribution in [3.05, 3.63) is 94.2 Å². The van der Waals surface area contributed by atoms with E-state index in [4.69, 9.17) is 22.6 Å². The third-order valence-electron chi connectivity index (χ3n) is 6.74. The van der Waals surface area contributed by atoms with Crippen LogP contribution in [0.2, 0.25) is 0 Å². The highest BCUT2D eigenvalue weighted by Gasteiger charge is 2.69. The summed E-state index contributed by atoms with van der Waals surface area (Å²) in [4.78, 5) is 38.7. The lowest BCUT2D eigenvalue weighted by Gasteiger charge is -2.42. The van der Waals surface area contributed by atoms with Gasteiger partial charge in [-0.15, -0.1) is 6.42 Å². The van der Waals surface area contributed by atoms with Crippen LogP contribution in [0.15, 0.2) is 71.7 Å². The van der Waals surface area contributed by atoms with Crippen molar-refractivity contribution < 1.29 is 18.7 Å². The molecular weight excluding hydrogens is 451 g/mol. The van der Waals surface area contributed by atoms with Gasteiger partial charge >= 0.3 is 6.03 Å². The zero-order chi connectivity index (χ0) is 25.4. The number of primary amides is 2. The zero-order valence-electron chi connectivity index (χ0n) is 19.0. The number of methoxy groups -OCH3 is 1. The Morgan fingerprint density at radius 2 is 1.89 bits per heavy atom. The summed E-state index contributed by atoms with van der Waals surface area (Å²) < 4.78 is 21.8. The number of aromatic nitrogens is 1. The summed E-state index contributed by atoms with van der Waals surface area (Å²) in [5, 5.41) is 0. The minimum Gasteiger partial charge on any atom is -0.375 e. The lowest BCUT2D eigenvalue weighted by atomic mass is 9.83. The fourth-order valence-electron chi connectivity index (χ4n) is 5.08. The summed E-state index contributed by atoms with van der Waals surface area (Å²) in [7, 11) is 1.43. The number of nitrogens with zero attached hydrogens (tertiary/aromatic N) is 2. The van der Waals surface area contributed by atoms with Crippen LogP contribution in [-0.2, 0) is 15.1 Å². The molecule has 4 N–H and O–H groups in total. The van der Waals surface area contributed by atoms with Gasteiger partial charge in [0.05, 0.1) is 11.3 Å². The molecule has 0 radical (unpaired) electrons. The van der Waals surface area contributed by atoms with Crippen LogP contribution in [0.1, 0.15) is 17.5 Å². The maximum absolute atomic E-state index is 15.8. The summed E-state index contributed by atoms with van der Waals surface area (Å²) in [6.07, 6.45) is 6.22. The molecule has 2 aromatic carbocycles. The van der Waals surface area contributed by atoms with Gasteiger partial charge in [-0.1, -0.05) is 12.0 Å². The van der Waals surface area contributed by atoms with Crippen LogP contribution in [0, 0.1) is 18.2 Å². The van der Waals surface area contributed by atoms with E-state index in [0.717, 1.165) is 6.07 Å². The largest absolute Gasteiger partial charge is 0.420 e. The molecule has 1 fully saturated rings. The molecule has 3 amide bonds. The van der Waals surface area contributed by atoms with Crippen molar-refractivity contribution in [2.24, 2.45) is 11.5 Å². The van der Waals surface area contributed by atoms with E-state index in [1.807, 2.05) is 0 Å². The number of terminal acetylenes is 1. The van der Waals surface area contributed by atoms with Crippen LogP contribution in [-0.4, -0.2) is 36.3 Å². The van der Waals surface area contributed by atoms with Gasteiger partial charge in [-0.2, -0.15) is 4.48 Å². The second-order valence-corrected chi connectivity index (χ2v) is 8.38. The molecule has 1 saturated heterocycles. The van der Waals surface area contributed by atoms with E-state index in [-0.39, 0.29) is 29.8 Å². The van der Waals surface area contributed by atoms with Crippen molar-refractivity contribution >= 4 is 17.6 Å². The number of carbonyl (C=O) groups is 2. The molecule has 1 aliphatic heterocycles. The smallest absolute Gasteiger partial charge is 0.375 e. The molecule has 0 saturated carbocycles. The minimum atomic E-state index is -1.92. The minimum absolute atomic E-state index is 0.0521. The molecule has 1 aromatic heterocycles. The number of benzene rings is 2. The summed E-state index contributed by atoms with van der Waals surface area (Å²) >= 11 is 0. The Bertz CT molecular complexity index is 1410. The lowest BCUT2D eigenvalue weighted by Crippen LogP contribution is -2.70. The van der Waals surface area contributed by atoms with Crippen molar-refractivity contribution in [2.45, 2.75) is 18.1 Å². The molecule has 4 rings (SSSR count). The Morgan fingerprint density at radius 3 is 2.43 bits per heavy atom. The van der Waals surface area contributed by atoms with Crippen LogP contribution < -0.4 is 21.5 Å². The number of nitrogens with two attached hydrogens (primary N) is 2. The van der Waals surface area contributed by atoms with Gasteiger partial charge in [0.1, 0.15) is 24.2 Å². The average molecular weight is 476 g/mol. The standard InChI is InChI=1S/C26H23FN4O4/c1-3-17-7-10-19(11-8-17)31(25(29)34)16-20(35-2)15-26(31,24(28)33)21-12-9-18(14-22(21)27)30-13-5-4-6-23(30)32/h1,4-14,20H,15-16H2,2H3,(H3-,28,29,33,34)/p+1/t20-,26-,31?/m1/s1. The van der Waals surface area contributed by atoms with Gasteiger partial charge in [-0.25, -0.2) is 9.18 Å². The summed E-state index contributed by atoms with van der Waals surface area (Å²) in [5.41, 5.74) is 10.6. The fraction of sp³-hybridized carbons (Fsp3) is 0.192. The van der Waals surface area contributed by atoms with Gasteiger partial charge in [-0.05, 0) is 36.4 Å². The van der Waals surface area contributed by atoms with Crippen molar-refractivity contribution in [2.75, 3.05) is 13.7 Å². The molecule has 35 heavy (non-hydrogen) atoms. The summed E-state index contributed by atoms with van der Waals surface area (Å²) in [5.74, 6) is 0.724.